The Hall–Kier alpha value is -2.40. The van der Waals surface area contributed by atoms with Gasteiger partial charge in [0.15, 0.2) is 0 Å². The Balaban J connectivity index is 2.19. The molecule has 0 bridgehead atoms. The monoisotopic (exact) mass is 289 g/mol. The molecule has 1 N–H and O–H groups in total. The molecule has 0 aliphatic carbocycles. The molecule has 102 valence electrons. The Morgan fingerprint density at radius 1 is 1.25 bits per heavy atom. The number of nitro benzene ring substituents is 1. The Labute approximate surface area is 121 Å². The molecule has 0 atom stereocenters. The van der Waals surface area contributed by atoms with Crippen LogP contribution in [0.25, 0.3) is 0 Å². The molecule has 20 heavy (non-hydrogen) atoms. The molecule has 0 aliphatic heterocycles. The van der Waals surface area contributed by atoms with Crippen LogP contribution in [0.1, 0.15) is 12.5 Å². The van der Waals surface area contributed by atoms with Crippen LogP contribution in [0.5, 0.6) is 0 Å². The van der Waals surface area contributed by atoms with E-state index in [9.17, 15) is 10.1 Å². The minimum Gasteiger partial charge on any atom is -0.278 e. The van der Waals surface area contributed by atoms with E-state index in [0.717, 1.165) is 5.56 Å². The standard InChI is InChI=1S/C14H12ClN3O2/c1-10(13-7-2-3-8-14(13)15)16-17-11-5-4-6-12(9-11)18(19)20/h2-9,17H,1H3/b16-10-. The summed E-state index contributed by atoms with van der Waals surface area (Å²) in [7, 11) is 0. The van der Waals surface area contributed by atoms with Crippen LogP contribution >= 0.6 is 11.6 Å². The van der Waals surface area contributed by atoms with Gasteiger partial charge in [-0.25, -0.2) is 0 Å². The number of hydrogen-bond acceptors (Lipinski definition) is 4. The van der Waals surface area contributed by atoms with Crippen LogP contribution in [0.2, 0.25) is 5.02 Å². The molecule has 6 heteroatoms. The van der Waals surface area contributed by atoms with Gasteiger partial charge in [-0.1, -0.05) is 35.9 Å². The van der Waals surface area contributed by atoms with Crippen LogP contribution in [-0.4, -0.2) is 10.6 Å². The second-order valence-corrected chi connectivity index (χ2v) is 4.50. The fourth-order valence-electron chi connectivity index (χ4n) is 1.65. The van der Waals surface area contributed by atoms with E-state index < -0.39 is 4.92 Å². The maximum Gasteiger partial charge on any atom is 0.271 e. The summed E-state index contributed by atoms with van der Waals surface area (Å²) < 4.78 is 0. The average molecular weight is 290 g/mol. The third-order valence-corrected chi connectivity index (χ3v) is 3.00. The first kappa shape index (κ1) is 14.0. The lowest BCUT2D eigenvalue weighted by atomic mass is 10.1. The lowest BCUT2D eigenvalue weighted by Crippen LogP contribution is -2.00. The number of hydrogen-bond donors (Lipinski definition) is 1. The van der Waals surface area contributed by atoms with E-state index in [4.69, 9.17) is 11.6 Å². The van der Waals surface area contributed by atoms with E-state index in [1.807, 2.05) is 25.1 Å². The van der Waals surface area contributed by atoms with Gasteiger partial charge in [0.25, 0.3) is 5.69 Å². The van der Waals surface area contributed by atoms with E-state index in [1.165, 1.54) is 12.1 Å². The van der Waals surface area contributed by atoms with Crippen LogP contribution < -0.4 is 5.43 Å². The zero-order valence-corrected chi connectivity index (χ0v) is 11.5. The predicted octanol–water partition coefficient (Wildman–Crippen LogP) is 4.08. The molecule has 0 amide bonds. The molecule has 0 saturated carbocycles. The SMILES string of the molecule is C/C(=N/Nc1cccc([N+](=O)[O-])c1)c1ccccc1Cl. The molecule has 0 radical (unpaired) electrons. The van der Waals surface area contributed by atoms with Gasteiger partial charge in [-0.05, 0) is 19.1 Å². The third-order valence-electron chi connectivity index (χ3n) is 2.67. The number of halogens is 1. The Kier molecular flexibility index (Phi) is 4.32. The molecule has 0 aliphatic rings. The highest BCUT2D eigenvalue weighted by Gasteiger charge is 2.06. The molecular weight excluding hydrogens is 278 g/mol. The second kappa shape index (κ2) is 6.16. The van der Waals surface area contributed by atoms with Gasteiger partial charge >= 0.3 is 0 Å². The molecule has 5 nitrogen and oxygen atoms in total. The molecule has 2 rings (SSSR count). The Bertz CT molecular complexity index is 671. The van der Waals surface area contributed by atoms with Crippen LogP contribution in [0.4, 0.5) is 11.4 Å². The highest BCUT2D eigenvalue weighted by Crippen LogP contribution is 2.18. The summed E-state index contributed by atoms with van der Waals surface area (Å²) in [6, 6.07) is 13.5. The number of non-ortho nitro benzene ring substituents is 1. The minimum atomic E-state index is -0.449. The molecule has 2 aromatic carbocycles. The fraction of sp³-hybridized carbons (Fsp3) is 0.0714. The highest BCUT2D eigenvalue weighted by molar-refractivity contribution is 6.34. The van der Waals surface area contributed by atoms with Gasteiger partial charge in [0, 0.05) is 22.7 Å². The lowest BCUT2D eigenvalue weighted by Gasteiger charge is -2.05. The number of nitro groups is 1. The van der Waals surface area contributed by atoms with Gasteiger partial charge in [0.05, 0.1) is 16.3 Å². The number of anilines is 1. The topological polar surface area (TPSA) is 67.5 Å². The molecular formula is C14H12ClN3O2. The van der Waals surface area contributed by atoms with Gasteiger partial charge in [-0.2, -0.15) is 5.10 Å². The fourth-order valence-corrected chi connectivity index (χ4v) is 1.92. The van der Waals surface area contributed by atoms with Gasteiger partial charge in [-0.3, -0.25) is 15.5 Å². The van der Waals surface area contributed by atoms with Crippen molar-refractivity contribution in [3.63, 3.8) is 0 Å². The number of nitrogens with one attached hydrogen (secondary N) is 1. The molecule has 2 aromatic rings. The first-order valence-electron chi connectivity index (χ1n) is 5.87. The van der Waals surface area contributed by atoms with Gasteiger partial charge in [-0.15, -0.1) is 0 Å². The predicted molar refractivity (Wildman–Crippen MR) is 80.4 cm³/mol. The number of benzene rings is 2. The largest absolute Gasteiger partial charge is 0.278 e. The summed E-state index contributed by atoms with van der Waals surface area (Å²) >= 11 is 6.07. The summed E-state index contributed by atoms with van der Waals surface area (Å²) in [5.74, 6) is 0. The third kappa shape index (κ3) is 3.33. The van der Waals surface area contributed by atoms with Crippen molar-refractivity contribution in [3.05, 3.63) is 69.2 Å². The summed E-state index contributed by atoms with van der Waals surface area (Å²) in [5.41, 5.74) is 4.86. The zero-order valence-electron chi connectivity index (χ0n) is 10.7. The van der Waals surface area contributed by atoms with Crippen molar-refractivity contribution < 1.29 is 4.92 Å². The van der Waals surface area contributed by atoms with E-state index in [2.05, 4.69) is 10.5 Å². The van der Waals surface area contributed by atoms with Crippen molar-refractivity contribution in [2.75, 3.05) is 5.43 Å². The number of hydrazone groups is 1. The summed E-state index contributed by atoms with van der Waals surface area (Å²) in [4.78, 5) is 10.2. The molecule has 0 unspecified atom stereocenters. The highest BCUT2D eigenvalue weighted by atomic mass is 35.5. The van der Waals surface area contributed by atoms with Crippen molar-refractivity contribution in [1.29, 1.82) is 0 Å². The van der Waals surface area contributed by atoms with Crippen molar-refractivity contribution in [2.24, 2.45) is 5.10 Å². The molecule has 0 spiro atoms. The van der Waals surface area contributed by atoms with E-state index >= 15 is 0 Å². The van der Waals surface area contributed by atoms with Crippen LogP contribution in [0.15, 0.2) is 53.6 Å². The van der Waals surface area contributed by atoms with Gasteiger partial charge in [0.1, 0.15) is 0 Å². The molecule has 0 saturated heterocycles. The smallest absolute Gasteiger partial charge is 0.271 e. The molecule has 0 aromatic heterocycles. The summed E-state index contributed by atoms with van der Waals surface area (Å²) in [5, 5.41) is 15.5. The van der Waals surface area contributed by atoms with Gasteiger partial charge in [0.2, 0.25) is 0 Å². The Morgan fingerprint density at radius 3 is 2.70 bits per heavy atom. The summed E-state index contributed by atoms with van der Waals surface area (Å²) in [6.07, 6.45) is 0. The summed E-state index contributed by atoms with van der Waals surface area (Å²) in [6.45, 7) is 1.81. The maximum absolute atomic E-state index is 10.7. The second-order valence-electron chi connectivity index (χ2n) is 4.10. The quantitative estimate of drug-likeness (QED) is 0.524. The van der Waals surface area contributed by atoms with Crippen LogP contribution in [-0.2, 0) is 0 Å². The Morgan fingerprint density at radius 2 is 2.00 bits per heavy atom. The van der Waals surface area contributed by atoms with Crippen molar-refractivity contribution in [1.82, 2.24) is 0 Å². The van der Waals surface area contributed by atoms with Crippen LogP contribution in [0, 0.1) is 10.1 Å². The zero-order chi connectivity index (χ0) is 14.5. The first-order valence-corrected chi connectivity index (χ1v) is 6.25. The van der Waals surface area contributed by atoms with Crippen molar-refractivity contribution >= 4 is 28.7 Å². The molecule has 0 fully saturated rings. The lowest BCUT2D eigenvalue weighted by molar-refractivity contribution is -0.384. The molecule has 0 heterocycles. The van der Waals surface area contributed by atoms with Gasteiger partial charge < -0.3 is 0 Å². The normalized spacial score (nSPS) is 11.2. The van der Waals surface area contributed by atoms with Crippen molar-refractivity contribution in [2.45, 2.75) is 6.92 Å². The maximum atomic E-state index is 10.7. The van der Waals surface area contributed by atoms with E-state index in [0.29, 0.717) is 16.4 Å². The van der Waals surface area contributed by atoms with E-state index in [-0.39, 0.29) is 5.69 Å². The minimum absolute atomic E-state index is 0.0144. The van der Waals surface area contributed by atoms with Crippen molar-refractivity contribution in [3.8, 4) is 0 Å². The average Bonchev–Trinajstić information content (AvgIpc) is 2.45. The van der Waals surface area contributed by atoms with E-state index in [1.54, 1.807) is 18.2 Å². The number of nitrogens with zero attached hydrogens (tertiary/aromatic N) is 2. The first-order chi connectivity index (χ1) is 9.58. The van der Waals surface area contributed by atoms with Crippen LogP contribution in [0.3, 0.4) is 0 Å². The number of rotatable bonds is 4.